The zero-order valence-electron chi connectivity index (χ0n) is 20.0. The second-order valence-electron chi connectivity index (χ2n) is 8.37. The lowest BCUT2D eigenvalue weighted by atomic mass is 10.1. The number of fused-ring (bicyclic) bond motifs is 1. The quantitative estimate of drug-likeness (QED) is 0.233. The highest BCUT2D eigenvalue weighted by Gasteiger charge is 2.12. The standard InChI is InChI=1S/C30H28N2O2S/c1-3-33-27-11-7-10-24(29(27)34-20-22-8-5-4-6-9-22)19-31-25-15-13-23(14-16-25)30-32-26-17-12-21(2)18-28(26)35-30/h4-18,31H,3,19-20H2,1-2H3. The van der Waals surface area contributed by atoms with Crippen molar-refractivity contribution in [3.05, 3.63) is 108 Å². The predicted molar refractivity (Wildman–Crippen MR) is 146 cm³/mol. The van der Waals surface area contributed by atoms with Crippen molar-refractivity contribution in [2.24, 2.45) is 0 Å². The molecule has 0 aliphatic carbocycles. The number of rotatable bonds is 9. The molecular formula is C30H28N2O2S. The lowest BCUT2D eigenvalue weighted by Gasteiger charge is -2.17. The number of benzene rings is 4. The summed E-state index contributed by atoms with van der Waals surface area (Å²) < 4.78 is 13.3. The first-order chi connectivity index (χ1) is 17.2. The molecule has 0 saturated carbocycles. The van der Waals surface area contributed by atoms with Crippen molar-refractivity contribution < 1.29 is 9.47 Å². The van der Waals surface area contributed by atoms with Gasteiger partial charge in [0, 0.05) is 23.4 Å². The van der Waals surface area contributed by atoms with Crippen LogP contribution in [0.15, 0.2) is 91.0 Å². The first-order valence-corrected chi connectivity index (χ1v) is 12.6. The van der Waals surface area contributed by atoms with Crippen LogP contribution in [0.3, 0.4) is 0 Å². The van der Waals surface area contributed by atoms with Crippen LogP contribution in [-0.2, 0) is 13.2 Å². The van der Waals surface area contributed by atoms with Crippen LogP contribution in [-0.4, -0.2) is 11.6 Å². The van der Waals surface area contributed by atoms with Gasteiger partial charge in [0.2, 0.25) is 0 Å². The molecule has 0 unspecified atom stereocenters. The second kappa shape index (κ2) is 10.6. The number of aromatic nitrogens is 1. The average Bonchev–Trinajstić information content (AvgIpc) is 3.31. The molecule has 0 aliphatic heterocycles. The van der Waals surface area contributed by atoms with E-state index in [1.54, 1.807) is 11.3 Å². The molecule has 4 aromatic carbocycles. The highest BCUT2D eigenvalue weighted by atomic mass is 32.1. The average molecular weight is 481 g/mol. The number of anilines is 1. The monoisotopic (exact) mass is 480 g/mol. The Labute approximate surface area is 210 Å². The van der Waals surface area contributed by atoms with Gasteiger partial charge < -0.3 is 14.8 Å². The Hall–Kier alpha value is -3.83. The molecule has 0 bridgehead atoms. The van der Waals surface area contributed by atoms with Gasteiger partial charge in [-0.1, -0.05) is 48.5 Å². The fourth-order valence-corrected chi connectivity index (χ4v) is 5.02. The van der Waals surface area contributed by atoms with Crippen molar-refractivity contribution >= 4 is 27.2 Å². The number of nitrogens with one attached hydrogen (secondary N) is 1. The second-order valence-corrected chi connectivity index (χ2v) is 9.40. The minimum Gasteiger partial charge on any atom is -0.490 e. The Morgan fingerprint density at radius 2 is 1.69 bits per heavy atom. The van der Waals surface area contributed by atoms with Crippen molar-refractivity contribution in [1.29, 1.82) is 0 Å². The van der Waals surface area contributed by atoms with Crippen LogP contribution in [0.4, 0.5) is 5.69 Å². The maximum Gasteiger partial charge on any atom is 0.166 e. The Bertz CT molecular complexity index is 1410. The van der Waals surface area contributed by atoms with E-state index in [-0.39, 0.29) is 0 Å². The summed E-state index contributed by atoms with van der Waals surface area (Å²) >= 11 is 1.73. The number of hydrogen-bond donors (Lipinski definition) is 1. The van der Waals surface area contributed by atoms with E-state index in [1.165, 1.54) is 10.3 Å². The third kappa shape index (κ3) is 5.47. The van der Waals surface area contributed by atoms with Crippen molar-refractivity contribution in [3.63, 3.8) is 0 Å². The molecule has 1 heterocycles. The lowest BCUT2D eigenvalue weighted by Crippen LogP contribution is -2.06. The van der Waals surface area contributed by atoms with Gasteiger partial charge in [0.25, 0.3) is 0 Å². The zero-order chi connectivity index (χ0) is 24.0. The normalized spacial score (nSPS) is 10.9. The lowest BCUT2D eigenvalue weighted by molar-refractivity contribution is 0.267. The van der Waals surface area contributed by atoms with Crippen LogP contribution < -0.4 is 14.8 Å². The summed E-state index contributed by atoms with van der Waals surface area (Å²) in [5.41, 5.74) is 6.65. The van der Waals surface area contributed by atoms with Gasteiger partial charge in [0.1, 0.15) is 11.6 Å². The Morgan fingerprint density at radius 1 is 0.857 bits per heavy atom. The van der Waals surface area contributed by atoms with E-state index in [1.807, 2.05) is 37.3 Å². The number of thiazole rings is 1. The van der Waals surface area contributed by atoms with E-state index in [4.69, 9.17) is 14.5 Å². The van der Waals surface area contributed by atoms with Crippen molar-refractivity contribution in [2.75, 3.05) is 11.9 Å². The zero-order valence-corrected chi connectivity index (χ0v) is 20.8. The molecule has 35 heavy (non-hydrogen) atoms. The first kappa shape index (κ1) is 22.9. The van der Waals surface area contributed by atoms with Crippen molar-refractivity contribution in [1.82, 2.24) is 4.98 Å². The van der Waals surface area contributed by atoms with Crippen LogP contribution in [0.25, 0.3) is 20.8 Å². The third-order valence-corrected chi connectivity index (χ3v) is 6.81. The van der Waals surface area contributed by atoms with Crippen LogP contribution in [0.1, 0.15) is 23.6 Å². The van der Waals surface area contributed by atoms with E-state index in [9.17, 15) is 0 Å². The molecule has 0 radical (unpaired) electrons. The van der Waals surface area contributed by atoms with Crippen LogP contribution in [0.2, 0.25) is 0 Å². The topological polar surface area (TPSA) is 43.4 Å². The molecule has 5 heteroatoms. The van der Waals surface area contributed by atoms with Gasteiger partial charge in [-0.15, -0.1) is 11.3 Å². The Balaban J connectivity index is 1.30. The number of nitrogens with zero attached hydrogens (tertiary/aromatic N) is 1. The van der Waals surface area contributed by atoms with Crippen LogP contribution in [0, 0.1) is 6.92 Å². The van der Waals surface area contributed by atoms with Crippen molar-refractivity contribution in [2.45, 2.75) is 27.0 Å². The van der Waals surface area contributed by atoms with E-state index in [2.05, 4.69) is 72.9 Å². The molecular weight excluding hydrogens is 452 g/mol. The molecule has 4 nitrogen and oxygen atoms in total. The van der Waals surface area contributed by atoms with E-state index in [0.717, 1.165) is 44.4 Å². The minimum atomic E-state index is 0.494. The van der Waals surface area contributed by atoms with E-state index >= 15 is 0 Å². The molecule has 0 saturated heterocycles. The Morgan fingerprint density at radius 3 is 2.49 bits per heavy atom. The van der Waals surface area contributed by atoms with Gasteiger partial charge >= 0.3 is 0 Å². The minimum absolute atomic E-state index is 0.494. The summed E-state index contributed by atoms with van der Waals surface area (Å²) in [6.07, 6.45) is 0. The van der Waals surface area contributed by atoms with Gasteiger partial charge in [0.15, 0.2) is 11.5 Å². The molecule has 0 atom stereocenters. The summed E-state index contributed by atoms with van der Waals surface area (Å²) in [6, 6.07) is 31.1. The third-order valence-electron chi connectivity index (χ3n) is 5.75. The smallest absolute Gasteiger partial charge is 0.166 e. The predicted octanol–water partition coefficient (Wildman–Crippen LogP) is 7.86. The molecule has 0 amide bonds. The summed E-state index contributed by atoms with van der Waals surface area (Å²) in [6.45, 7) is 5.81. The molecule has 0 aliphatic rings. The molecule has 0 spiro atoms. The van der Waals surface area contributed by atoms with Gasteiger partial charge in [-0.05, 0) is 67.4 Å². The molecule has 0 fully saturated rings. The van der Waals surface area contributed by atoms with E-state index < -0.39 is 0 Å². The van der Waals surface area contributed by atoms with Crippen molar-refractivity contribution in [3.8, 4) is 22.1 Å². The molecule has 5 rings (SSSR count). The van der Waals surface area contributed by atoms with Gasteiger partial charge in [-0.3, -0.25) is 0 Å². The molecule has 1 aromatic heterocycles. The fourth-order valence-electron chi connectivity index (χ4n) is 3.95. The summed E-state index contributed by atoms with van der Waals surface area (Å²) in [4.78, 5) is 4.80. The molecule has 176 valence electrons. The number of para-hydroxylation sites is 1. The number of hydrogen-bond acceptors (Lipinski definition) is 5. The van der Waals surface area contributed by atoms with Crippen LogP contribution >= 0.6 is 11.3 Å². The van der Waals surface area contributed by atoms with E-state index in [0.29, 0.717) is 19.8 Å². The maximum atomic E-state index is 6.24. The summed E-state index contributed by atoms with van der Waals surface area (Å²) in [5, 5.41) is 4.57. The molecule has 1 N–H and O–H groups in total. The maximum absolute atomic E-state index is 6.24. The number of ether oxygens (including phenoxy) is 2. The summed E-state index contributed by atoms with van der Waals surface area (Å²) in [7, 11) is 0. The highest BCUT2D eigenvalue weighted by Crippen LogP contribution is 2.34. The largest absolute Gasteiger partial charge is 0.490 e. The molecule has 5 aromatic rings. The summed E-state index contributed by atoms with van der Waals surface area (Å²) in [5.74, 6) is 1.55. The fraction of sp³-hybridized carbons (Fsp3) is 0.167. The van der Waals surface area contributed by atoms with Gasteiger partial charge in [-0.25, -0.2) is 4.98 Å². The first-order valence-electron chi connectivity index (χ1n) is 11.8. The Kier molecular flexibility index (Phi) is 6.96. The van der Waals surface area contributed by atoms with Crippen LogP contribution in [0.5, 0.6) is 11.5 Å². The SMILES string of the molecule is CCOc1cccc(CNc2ccc(-c3nc4ccc(C)cc4s3)cc2)c1OCc1ccccc1. The van der Waals surface area contributed by atoms with Gasteiger partial charge in [-0.2, -0.15) is 0 Å². The highest BCUT2D eigenvalue weighted by molar-refractivity contribution is 7.21. The van der Waals surface area contributed by atoms with Gasteiger partial charge in [0.05, 0.1) is 16.8 Å². The number of aryl methyl sites for hydroxylation is 1.